The molecular weight excluding hydrogens is 326 g/mol. The first-order valence-electron chi connectivity index (χ1n) is 7.57. The van der Waals surface area contributed by atoms with Crippen LogP contribution in [-0.4, -0.2) is 15.9 Å². The van der Waals surface area contributed by atoms with Crippen LogP contribution < -0.4 is 10.9 Å². The Balaban J connectivity index is 1.69. The lowest BCUT2D eigenvalue weighted by Gasteiger charge is -2.08. The average molecular weight is 342 g/mol. The second kappa shape index (κ2) is 6.84. The van der Waals surface area contributed by atoms with Crippen LogP contribution in [0.4, 0.5) is 5.69 Å². The van der Waals surface area contributed by atoms with E-state index in [1.807, 2.05) is 13.0 Å². The van der Waals surface area contributed by atoms with E-state index in [1.54, 1.807) is 36.4 Å². The lowest BCUT2D eigenvalue weighted by molar-refractivity contribution is -0.116. The van der Waals surface area contributed by atoms with Gasteiger partial charge < -0.3 is 10.3 Å². The molecule has 1 heterocycles. The number of halogens is 1. The van der Waals surface area contributed by atoms with Crippen LogP contribution in [0.25, 0.3) is 10.9 Å². The Morgan fingerprint density at radius 1 is 1.25 bits per heavy atom. The maximum atomic E-state index is 12.1. The molecule has 0 radical (unpaired) electrons. The van der Waals surface area contributed by atoms with Gasteiger partial charge in [-0.05, 0) is 42.8 Å². The number of rotatable bonds is 4. The molecule has 0 saturated carbocycles. The number of anilines is 1. The van der Waals surface area contributed by atoms with E-state index in [4.69, 9.17) is 11.6 Å². The van der Waals surface area contributed by atoms with Gasteiger partial charge in [-0.3, -0.25) is 9.59 Å². The fourth-order valence-corrected chi connectivity index (χ4v) is 2.69. The molecular formula is C18H16ClN3O2. The van der Waals surface area contributed by atoms with Crippen molar-refractivity contribution < 1.29 is 4.79 Å². The fourth-order valence-electron chi connectivity index (χ4n) is 2.47. The van der Waals surface area contributed by atoms with Crippen LogP contribution in [0.1, 0.15) is 17.8 Å². The zero-order chi connectivity index (χ0) is 17.1. The Bertz CT molecular complexity index is 966. The molecule has 0 fully saturated rings. The Morgan fingerprint density at radius 3 is 2.83 bits per heavy atom. The van der Waals surface area contributed by atoms with Crippen molar-refractivity contribution in [2.24, 2.45) is 0 Å². The second-order valence-corrected chi connectivity index (χ2v) is 5.97. The minimum absolute atomic E-state index is 0.142. The van der Waals surface area contributed by atoms with Gasteiger partial charge in [-0.2, -0.15) is 0 Å². The maximum absolute atomic E-state index is 12.1. The molecule has 3 aromatic rings. The Morgan fingerprint density at radius 2 is 2.04 bits per heavy atom. The van der Waals surface area contributed by atoms with Crippen LogP contribution in [0.5, 0.6) is 0 Å². The number of fused-ring (bicyclic) bond motifs is 1. The number of H-pyrrole nitrogens is 1. The SMILES string of the molecule is Cc1cc(Cl)ccc1NC(=O)CCc1nc2ccccc2c(=O)[nH]1. The molecule has 6 heteroatoms. The molecule has 0 atom stereocenters. The number of nitrogens with one attached hydrogen (secondary N) is 2. The van der Waals surface area contributed by atoms with Crippen LogP contribution in [0, 0.1) is 6.92 Å². The molecule has 122 valence electrons. The number of benzene rings is 2. The number of hydrogen-bond donors (Lipinski definition) is 2. The van der Waals surface area contributed by atoms with E-state index in [-0.39, 0.29) is 17.9 Å². The minimum Gasteiger partial charge on any atom is -0.326 e. The summed E-state index contributed by atoms with van der Waals surface area (Å²) in [5.74, 6) is 0.359. The third-order valence-electron chi connectivity index (χ3n) is 3.71. The van der Waals surface area contributed by atoms with E-state index in [2.05, 4.69) is 15.3 Å². The molecule has 2 N–H and O–H groups in total. The van der Waals surface area contributed by atoms with Gasteiger partial charge in [0.05, 0.1) is 10.9 Å². The molecule has 0 aliphatic rings. The highest BCUT2D eigenvalue weighted by Gasteiger charge is 2.08. The van der Waals surface area contributed by atoms with Gasteiger partial charge in [0.25, 0.3) is 5.56 Å². The zero-order valence-electron chi connectivity index (χ0n) is 13.1. The van der Waals surface area contributed by atoms with E-state index in [0.717, 1.165) is 11.3 Å². The van der Waals surface area contributed by atoms with E-state index in [9.17, 15) is 9.59 Å². The van der Waals surface area contributed by atoms with Crippen LogP contribution in [0.15, 0.2) is 47.3 Å². The molecule has 0 spiro atoms. The third-order valence-corrected chi connectivity index (χ3v) is 3.95. The average Bonchev–Trinajstić information content (AvgIpc) is 2.56. The van der Waals surface area contributed by atoms with Crippen molar-refractivity contribution >= 4 is 34.1 Å². The first-order valence-corrected chi connectivity index (χ1v) is 7.94. The van der Waals surface area contributed by atoms with Crippen molar-refractivity contribution in [2.75, 3.05) is 5.32 Å². The smallest absolute Gasteiger partial charge is 0.258 e. The summed E-state index contributed by atoms with van der Waals surface area (Å²) < 4.78 is 0. The van der Waals surface area contributed by atoms with Crippen LogP contribution >= 0.6 is 11.6 Å². The number of carbonyl (C=O) groups excluding carboxylic acids is 1. The Hall–Kier alpha value is -2.66. The number of aromatic nitrogens is 2. The topological polar surface area (TPSA) is 74.8 Å². The summed E-state index contributed by atoms with van der Waals surface area (Å²) in [7, 11) is 0. The molecule has 0 unspecified atom stereocenters. The Kier molecular flexibility index (Phi) is 4.62. The van der Waals surface area contributed by atoms with Crippen molar-refractivity contribution in [3.05, 3.63) is 69.2 Å². The first kappa shape index (κ1) is 16.2. The molecule has 0 aliphatic heterocycles. The molecule has 3 rings (SSSR count). The zero-order valence-corrected chi connectivity index (χ0v) is 13.9. The summed E-state index contributed by atoms with van der Waals surface area (Å²) in [6.45, 7) is 1.88. The van der Waals surface area contributed by atoms with Gasteiger partial charge in [-0.1, -0.05) is 23.7 Å². The van der Waals surface area contributed by atoms with E-state index >= 15 is 0 Å². The van der Waals surface area contributed by atoms with Gasteiger partial charge in [0.2, 0.25) is 5.91 Å². The van der Waals surface area contributed by atoms with Crippen molar-refractivity contribution in [3.8, 4) is 0 Å². The first-order chi connectivity index (χ1) is 11.5. The molecule has 24 heavy (non-hydrogen) atoms. The quantitative estimate of drug-likeness (QED) is 0.763. The van der Waals surface area contributed by atoms with Crippen LogP contribution in [0.3, 0.4) is 0 Å². The molecule has 5 nitrogen and oxygen atoms in total. The van der Waals surface area contributed by atoms with Gasteiger partial charge in [0, 0.05) is 23.6 Å². The lowest BCUT2D eigenvalue weighted by Crippen LogP contribution is -2.16. The molecule has 0 aliphatic carbocycles. The third kappa shape index (κ3) is 3.63. The fraction of sp³-hybridized carbons (Fsp3) is 0.167. The molecule has 0 bridgehead atoms. The van der Waals surface area contributed by atoms with Gasteiger partial charge in [0.15, 0.2) is 0 Å². The van der Waals surface area contributed by atoms with E-state index in [1.165, 1.54) is 0 Å². The van der Waals surface area contributed by atoms with Crippen LogP contribution in [-0.2, 0) is 11.2 Å². The van der Waals surface area contributed by atoms with E-state index < -0.39 is 0 Å². The summed E-state index contributed by atoms with van der Waals surface area (Å²) in [5, 5.41) is 4.01. The predicted molar refractivity (Wildman–Crippen MR) is 95.5 cm³/mol. The Labute approximate surface area is 143 Å². The van der Waals surface area contributed by atoms with Crippen LogP contribution in [0.2, 0.25) is 5.02 Å². The second-order valence-electron chi connectivity index (χ2n) is 5.54. The number of hydrogen-bond acceptors (Lipinski definition) is 3. The van der Waals surface area contributed by atoms with Gasteiger partial charge in [-0.15, -0.1) is 0 Å². The molecule has 0 saturated heterocycles. The number of aromatic amines is 1. The summed E-state index contributed by atoms with van der Waals surface area (Å²) in [4.78, 5) is 31.2. The van der Waals surface area contributed by atoms with E-state index in [0.29, 0.717) is 28.2 Å². The molecule has 2 aromatic carbocycles. The minimum atomic E-state index is -0.190. The normalized spacial score (nSPS) is 10.8. The number of carbonyl (C=O) groups is 1. The predicted octanol–water partition coefficient (Wildman–Crippen LogP) is 3.46. The highest BCUT2D eigenvalue weighted by Crippen LogP contribution is 2.19. The van der Waals surface area contributed by atoms with Crippen molar-refractivity contribution in [1.82, 2.24) is 9.97 Å². The number of para-hydroxylation sites is 1. The summed E-state index contributed by atoms with van der Waals surface area (Å²) in [6.07, 6.45) is 0.585. The van der Waals surface area contributed by atoms with Gasteiger partial charge in [0.1, 0.15) is 5.82 Å². The van der Waals surface area contributed by atoms with Gasteiger partial charge in [-0.25, -0.2) is 4.98 Å². The summed E-state index contributed by atoms with van der Waals surface area (Å²) >= 11 is 5.90. The van der Waals surface area contributed by atoms with Gasteiger partial charge >= 0.3 is 0 Å². The molecule has 1 aromatic heterocycles. The highest BCUT2D eigenvalue weighted by atomic mass is 35.5. The molecule has 1 amide bonds. The lowest BCUT2D eigenvalue weighted by atomic mass is 10.2. The number of amides is 1. The monoisotopic (exact) mass is 341 g/mol. The summed E-state index contributed by atoms with van der Waals surface area (Å²) in [5.41, 5.74) is 2.06. The maximum Gasteiger partial charge on any atom is 0.258 e. The standard InChI is InChI=1S/C18H16ClN3O2/c1-11-10-12(19)6-7-14(11)21-17(23)9-8-16-20-15-5-3-2-4-13(15)18(24)22-16/h2-7,10H,8-9H2,1H3,(H,21,23)(H,20,22,24). The number of aryl methyl sites for hydroxylation is 2. The highest BCUT2D eigenvalue weighted by molar-refractivity contribution is 6.30. The summed E-state index contributed by atoms with van der Waals surface area (Å²) in [6, 6.07) is 12.4. The van der Waals surface area contributed by atoms with Crippen molar-refractivity contribution in [2.45, 2.75) is 19.8 Å². The van der Waals surface area contributed by atoms with Crippen molar-refractivity contribution in [3.63, 3.8) is 0 Å². The largest absolute Gasteiger partial charge is 0.326 e. The number of nitrogens with zero attached hydrogens (tertiary/aromatic N) is 1. The van der Waals surface area contributed by atoms with Crippen molar-refractivity contribution in [1.29, 1.82) is 0 Å².